The molecule has 8 rings (SSSR count). The number of unbranched alkanes of at least 4 members (excludes halogenated alkanes) is 2. The van der Waals surface area contributed by atoms with Gasteiger partial charge in [-0.15, -0.1) is 22.7 Å². The zero-order valence-electron chi connectivity index (χ0n) is 27.5. The van der Waals surface area contributed by atoms with E-state index in [9.17, 15) is 36.2 Å². The molecule has 0 aliphatic rings. The number of halogens is 4. The van der Waals surface area contributed by atoms with Gasteiger partial charge < -0.3 is 19.0 Å². The second-order valence-corrected chi connectivity index (χ2v) is 19.6. The number of rotatable bonds is 12. The van der Waals surface area contributed by atoms with Crippen molar-refractivity contribution in [1.29, 1.82) is 0 Å². The Morgan fingerprint density at radius 3 is 1.40 bits per heavy atom. The van der Waals surface area contributed by atoms with Crippen molar-refractivity contribution in [2.24, 2.45) is 0 Å². The Morgan fingerprint density at radius 1 is 0.636 bits per heavy atom. The van der Waals surface area contributed by atoms with Crippen molar-refractivity contribution >= 4 is 132 Å². The molecule has 0 fully saturated rings. The third kappa shape index (κ3) is 7.06. The summed E-state index contributed by atoms with van der Waals surface area (Å²) in [6.07, 6.45) is -0.132. The van der Waals surface area contributed by atoms with Crippen LogP contribution in [0.1, 0.15) is 55.7 Å². The van der Waals surface area contributed by atoms with Gasteiger partial charge in [-0.05, 0) is 49.2 Å². The van der Waals surface area contributed by atoms with E-state index in [2.05, 4.69) is 10.2 Å². The van der Waals surface area contributed by atoms with Gasteiger partial charge in [0.05, 0.1) is 21.4 Å². The Morgan fingerprint density at radius 2 is 1.04 bits per heavy atom. The predicted molar refractivity (Wildman–Crippen MR) is 210 cm³/mol. The van der Waals surface area contributed by atoms with Crippen molar-refractivity contribution < 1.29 is 45.0 Å². The fourth-order valence-electron chi connectivity index (χ4n) is 6.32. The molecule has 2 unspecified atom stereocenters. The van der Waals surface area contributed by atoms with Gasteiger partial charge in [0.2, 0.25) is 0 Å². The molecular weight excluding hydrogens is 882 g/mol. The maximum absolute atomic E-state index is 11.9. The number of hydrogen-bond acceptors (Lipinski definition) is 12. The minimum absolute atomic E-state index is 0.177. The summed E-state index contributed by atoms with van der Waals surface area (Å²) in [6, 6.07) is 11.9. The van der Waals surface area contributed by atoms with Gasteiger partial charge in [-0.3, -0.25) is 9.11 Å². The molecule has 14 nitrogen and oxygen atoms in total. The van der Waals surface area contributed by atoms with Crippen LogP contribution in [0.2, 0.25) is 20.1 Å². The SMILES string of the molecule is O=S(=O)(O)c1cc2oc3c(C(O)CCCCCC(O)c4nn(-c5ccc(Cl)cc5Cl)c5c4oc4cc(S(=O)(=O)O)sc45)nn(-c4ccc(Cl)cc4Cl)c3c2s1. The summed E-state index contributed by atoms with van der Waals surface area (Å²) in [7, 11) is -9.02. The minimum Gasteiger partial charge on any atom is -0.451 e. The largest absolute Gasteiger partial charge is 0.451 e. The molecule has 2 atom stereocenters. The summed E-state index contributed by atoms with van der Waals surface area (Å²) in [5, 5.41) is 33.2. The van der Waals surface area contributed by atoms with Crippen LogP contribution in [0, 0.1) is 0 Å². The van der Waals surface area contributed by atoms with Crippen molar-refractivity contribution in [3.63, 3.8) is 0 Å². The Hall–Kier alpha value is -3.24. The van der Waals surface area contributed by atoms with Gasteiger partial charge in [0.1, 0.15) is 55.2 Å². The number of hydrogen-bond donors (Lipinski definition) is 4. The number of aromatic nitrogens is 4. The van der Waals surface area contributed by atoms with Crippen LogP contribution in [0.15, 0.2) is 65.8 Å². The van der Waals surface area contributed by atoms with Gasteiger partial charge in [-0.1, -0.05) is 65.7 Å². The quantitative estimate of drug-likeness (QED) is 0.0667. The molecule has 0 saturated carbocycles. The van der Waals surface area contributed by atoms with Crippen molar-refractivity contribution in [1.82, 2.24) is 19.6 Å². The first kappa shape index (κ1) is 38.6. The first-order valence-corrected chi connectivity index (χ1v) is 22.1. The summed E-state index contributed by atoms with van der Waals surface area (Å²) >= 11 is 26.8. The highest BCUT2D eigenvalue weighted by Gasteiger charge is 2.30. The molecule has 8 aromatic rings. The number of fused-ring (bicyclic) bond motifs is 6. The van der Waals surface area contributed by atoms with E-state index in [1.165, 1.54) is 33.6 Å². The molecule has 0 spiro atoms. The molecule has 6 aromatic heterocycles. The highest BCUT2D eigenvalue weighted by atomic mass is 35.5. The van der Waals surface area contributed by atoms with Crippen molar-refractivity contribution in [3.05, 3.63) is 80.0 Å². The van der Waals surface area contributed by atoms with Gasteiger partial charge >= 0.3 is 20.2 Å². The van der Waals surface area contributed by atoms with Crippen LogP contribution in [-0.2, 0) is 20.2 Å². The molecule has 6 heterocycles. The zero-order chi connectivity index (χ0) is 39.1. The van der Waals surface area contributed by atoms with Crippen molar-refractivity contribution in [3.8, 4) is 11.4 Å². The van der Waals surface area contributed by atoms with Gasteiger partial charge in [-0.2, -0.15) is 27.0 Å². The predicted octanol–water partition coefficient (Wildman–Crippen LogP) is 9.80. The molecular formula is C33H24Cl4N4O10S4. The van der Waals surface area contributed by atoms with E-state index in [4.69, 9.17) is 55.2 Å². The maximum Gasteiger partial charge on any atom is 0.304 e. The Balaban J connectivity index is 1.02. The van der Waals surface area contributed by atoms with E-state index >= 15 is 0 Å². The zero-order valence-corrected chi connectivity index (χ0v) is 33.8. The fraction of sp³-hybridized carbons (Fsp3) is 0.212. The molecule has 2 aromatic carbocycles. The van der Waals surface area contributed by atoms with E-state index < -0.39 is 32.4 Å². The topological polar surface area (TPSA) is 211 Å². The molecule has 55 heavy (non-hydrogen) atoms. The highest BCUT2D eigenvalue weighted by Crippen LogP contribution is 2.44. The number of furan rings is 2. The average molecular weight is 907 g/mol. The third-order valence-electron chi connectivity index (χ3n) is 8.81. The van der Waals surface area contributed by atoms with Crippen molar-refractivity contribution in [2.75, 3.05) is 0 Å². The van der Waals surface area contributed by atoms with Crippen LogP contribution in [0.5, 0.6) is 0 Å². The molecule has 0 bridgehead atoms. The van der Waals surface area contributed by atoms with E-state index in [1.54, 1.807) is 24.3 Å². The number of benzene rings is 2. The van der Waals surface area contributed by atoms with Crippen LogP contribution in [0.4, 0.5) is 0 Å². The van der Waals surface area contributed by atoms with Gasteiger partial charge in [0, 0.05) is 22.2 Å². The number of aliphatic hydroxyl groups excluding tert-OH is 2. The summed E-state index contributed by atoms with van der Waals surface area (Å²) in [4.78, 5) is 0. The second-order valence-electron chi connectivity index (χ2n) is 12.5. The first-order valence-electron chi connectivity index (χ1n) is 16.1. The first-order chi connectivity index (χ1) is 26.0. The Labute approximate surface area is 338 Å². The van der Waals surface area contributed by atoms with Crippen molar-refractivity contribution in [2.45, 2.75) is 52.7 Å². The molecule has 0 aliphatic carbocycles. The van der Waals surface area contributed by atoms with Crippen LogP contribution < -0.4 is 0 Å². The van der Waals surface area contributed by atoms with Crippen LogP contribution in [-0.4, -0.2) is 55.7 Å². The smallest absolute Gasteiger partial charge is 0.304 e. The summed E-state index contributed by atoms with van der Waals surface area (Å²) in [5.74, 6) is 0. The van der Waals surface area contributed by atoms with E-state index in [0.717, 1.165) is 22.7 Å². The number of nitrogens with zero attached hydrogens (tertiary/aromatic N) is 4. The minimum atomic E-state index is -4.51. The van der Waals surface area contributed by atoms with Crippen LogP contribution >= 0.6 is 69.1 Å². The third-order valence-corrected chi connectivity index (χ3v) is 14.7. The molecule has 0 radical (unpaired) electrons. The van der Waals surface area contributed by atoms with E-state index in [-0.39, 0.29) is 65.0 Å². The normalized spacial score (nSPS) is 14.0. The number of aliphatic hydroxyl groups is 2. The monoisotopic (exact) mass is 904 g/mol. The average Bonchev–Trinajstić information content (AvgIpc) is 3.92. The Bertz CT molecular complexity index is 2830. The molecule has 0 amide bonds. The van der Waals surface area contributed by atoms with Gasteiger partial charge in [0.15, 0.2) is 19.6 Å². The molecule has 0 saturated heterocycles. The standard InChI is InChI=1S/C33H24Cl4N4O10S4/c34-14-6-8-18(16(36)10-14)40-28-30(50-22-12-24(52-32(22)28)54(44,45)46)26(38-40)20(42)4-2-1-3-5-21(43)27-31-29(33-23(51-31)13-25(53-33)55(47,48)49)41(39-27)19-9-7-15(35)11-17(19)37/h6-13,20-21,42-43H,1-5H2,(H,44,45,46)(H,47,48,49). The summed E-state index contributed by atoms with van der Waals surface area (Å²) in [6.45, 7) is 0. The Kier molecular flexibility index (Phi) is 10.0. The fourth-order valence-corrected chi connectivity index (χ4v) is 10.8. The van der Waals surface area contributed by atoms with Crippen LogP contribution in [0.3, 0.4) is 0 Å². The summed E-state index contributed by atoms with van der Waals surface area (Å²) < 4.78 is 81.7. The summed E-state index contributed by atoms with van der Waals surface area (Å²) in [5.41, 5.74) is 2.70. The molecule has 0 aliphatic heterocycles. The molecule has 22 heteroatoms. The molecule has 4 N–H and O–H groups in total. The lowest BCUT2D eigenvalue weighted by atomic mass is 10.0. The number of thiophene rings is 2. The van der Waals surface area contributed by atoms with Gasteiger partial charge in [0.25, 0.3) is 0 Å². The lowest BCUT2D eigenvalue weighted by Crippen LogP contribution is -2.04. The van der Waals surface area contributed by atoms with Crippen LogP contribution in [0.25, 0.3) is 54.1 Å². The van der Waals surface area contributed by atoms with Gasteiger partial charge in [-0.25, -0.2) is 9.36 Å². The maximum atomic E-state index is 11.9. The van der Waals surface area contributed by atoms with E-state index in [0.29, 0.717) is 61.1 Å². The second kappa shape index (κ2) is 14.3. The highest BCUT2D eigenvalue weighted by molar-refractivity contribution is 7.88. The lowest BCUT2D eigenvalue weighted by Gasteiger charge is -2.10. The lowest BCUT2D eigenvalue weighted by molar-refractivity contribution is 0.149. The molecule has 288 valence electrons. The van der Waals surface area contributed by atoms with E-state index in [1.807, 2.05) is 0 Å².